The Balaban J connectivity index is 0.00000180. The van der Waals surface area contributed by atoms with Crippen molar-refractivity contribution in [2.45, 2.75) is 31.8 Å². The van der Waals surface area contributed by atoms with Crippen LogP contribution in [0.3, 0.4) is 0 Å². The molecule has 108 valence electrons. The van der Waals surface area contributed by atoms with Gasteiger partial charge in [0.25, 0.3) is 0 Å². The molecule has 0 bridgehead atoms. The smallest absolute Gasteiger partial charge is 0.119 e. The molecule has 2 N–H and O–H groups in total. The molecule has 1 aliphatic heterocycles. The van der Waals surface area contributed by atoms with Gasteiger partial charge in [-0.25, -0.2) is 0 Å². The van der Waals surface area contributed by atoms with Crippen LogP contribution < -0.4 is 10.5 Å². The van der Waals surface area contributed by atoms with Crippen LogP contribution in [0.2, 0.25) is 5.02 Å². The average Bonchev–Trinajstić information content (AvgIpc) is 2.42. The van der Waals surface area contributed by atoms with Crippen molar-refractivity contribution in [3.05, 3.63) is 28.8 Å². The van der Waals surface area contributed by atoms with Gasteiger partial charge in [0.1, 0.15) is 5.75 Å². The summed E-state index contributed by atoms with van der Waals surface area (Å²) in [6.07, 6.45) is 3.72. The number of benzene rings is 1. The van der Waals surface area contributed by atoms with E-state index in [9.17, 15) is 0 Å². The van der Waals surface area contributed by atoms with E-state index in [1.165, 1.54) is 19.3 Å². The number of piperidine rings is 1. The number of rotatable bonds is 4. The molecule has 1 saturated heterocycles. The van der Waals surface area contributed by atoms with Gasteiger partial charge in [-0.1, -0.05) is 18.0 Å². The predicted molar refractivity (Wildman–Crippen MR) is 82.4 cm³/mol. The number of methoxy groups -OCH3 is 1. The topological polar surface area (TPSA) is 38.5 Å². The summed E-state index contributed by atoms with van der Waals surface area (Å²) in [6.45, 7) is 2.69. The second-order valence-electron chi connectivity index (χ2n) is 4.81. The minimum atomic E-state index is 0. The van der Waals surface area contributed by atoms with Gasteiger partial charge in [-0.2, -0.15) is 0 Å². The van der Waals surface area contributed by atoms with Crippen LogP contribution in [-0.2, 0) is 6.54 Å². The zero-order valence-electron chi connectivity index (χ0n) is 11.3. The fraction of sp³-hybridized carbons (Fsp3) is 0.571. The maximum atomic E-state index is 6.25. The first kappa shape index (κ1) is 16.6. The van der Waals surface area contributed by atoms with Crippen molar-refractivity contribution in [1.82, 2.24) is 4.90 Å². The Bertz CT molecular complexity index is 401. The van der Waals surface area contributed by atoms with E-state index in [1.807, 2.05) is 18.2 Å². The Morgan fingerprint density at radius 1 is 1.42 bits per heavy atom. The number of nitrogens with zero attached hydrogens (tertiary/aromatic N) is 1. The van der Waals surface area contributed by atoms with Crippen molar-refractivity contribution >= 4 is 24.0 Å². The summed E-state index contributed by atoms with van der Waals surface area (Å²) in [4.78, 5) is 2.43. The van der Waals surface area contributed by atoms with E-state index >= 15 is 0 Å². The summed E-state index contributed by atoms with van der Waals surface area (Å²) in [5, 5.41) is 0.803. The highest BCUT2D eigenvalue weighted by Crippen LogP contribution is 2.26. The highest BCUT2D eigenvalue weighted by Gasteiger charge is 2.21. The molecule has 1 aromatic rings. The summed E-state index contributed by atoms with van der Waals surface area (Å²) >= 11 is 6.25. The molecule has 1 unspecified atom stereocenters. The lowest BCUT2D eigenvalue weighted by Crippen LogP contribution is -2.43. The molecule has 0 saturated carbocycles. The maximum absolute atomic E-state index is 6.25. The largest absolute Gasteiger partial charge is 0.497 e. The third-order valence-electron chi connectivity index (χ3n) is 3.65. The van der Waals surface area contributed by atoms with E-state index in [2.05, 4.69) is 4.90 Å². The van der Waals surface area contributed by atoms with Gasteiger partial charge in [0.05, 0.1) is 7.11 Å². The zero-order chi connectivity index (χ0) is 13.0. The SMILES string of the molecule is COc1ccc(Cl)c(CN2CCCCC2CN)c1.Cl. The summed E-state index contributed by atoms with van der Waals surface area (Å²) < 4.78 is 5.25. The van der Waals surface area contributed by atoms with Crippen molar-refractivity contribution in [3.63, 3.8) is 0 Å². The molecule has 0 amide bonds. The third-order valence-corrected chi connectivity index (χ3v) is 4.02. The molecule has 2 rings (SSSR count). The Kier molecular flexibility index (Phi) is 6.94. The monoisotopic (exact) mass is 304 g/mol. The van der Waals surface area contributed by atoms with E-state index in [0.717, 1.165) is 36.0 Å². The summed E-state index contributed by atoms with van der Waals surface area (Å²) in [6, 6.07) is 6.30. The van der Waals surface area contributed by atoms with Crippen LogP contribution in [0.1, 0.15) is 24.8 Å². The van der Waals surface area contributed by atoms with Gasteiger partial charge in [-0.05, 0) is 43.1 Å². The van der Waals surface area contributed by atoms with Gasteiger partial charge >= 0.3 is 0 Å². The summed E-state index contributed by atoms with van der Waals surface area (Å²) in [5.74, 6) is 0.857. The van der Waals surface area contributed by atoms with Gasteiger partial charge in [-0.3, -0.25) is 4.90 Å². The number of hydrogen-bond acceptors (Lipinski definition) is 3. The highest BCUT2D eigenvalue weighted by molar-refractivity contribution is 6.31. The first-order valence-corrected chi connectivity index (χ1v) is 6.89. The minimum Gasteiger partial charge on any atom is -0.497 e. The Morgan fingerprint density at radius 3 is 2.89 bits per heavy atom. The van der Waals surface area contributed by atoms with Gasteiger partial charge in [-0.15, -0.1) is 12.4 Å². The fourth-order valence-corrected chi connectivity index (χ4v) is 2.73. The molecule has 1 aromatic carbocycles. The Morgan fingerprint density at radius 2 is 2.21 bits per heavy atom. The summed E-state index contributed by atoms with van der Waals surface area (Å²) in [5.41, 5.74) is 6.96. The van der Waals surface area contributed by atoms with Crippen molar-refractivity contribution in [1.29, 1.82) is 0 Å². The fourth-order valence-electron chi connectivity index (χ4n) is 2.55. The van der Waals surface area contributed by atoms with Crippen LogP contribution >= 0.6 is 24.0 Å². The molecular weight excluding hydrogens is 283 g/mol. The predicted octanol–water partition coefficient (Wildman–Crippen LogP) is 3.08. The molecule has 5 heteroatoms. The molecule has 1 heterocycles. The van der Waals surface area contributed by atoms with Crippen LogP contribution in [-0.4, -0.2) is 31.1 Å². The van der Waals surface area contributed by atoms with Crippen molar-refractivity contribution in [2.24, 2.45) is 5.73 Å². The minimum absolute atomic E-state index is 0. The molecule has 1 aliphatic rings. The normalized spacial score (nSPS) is 19.8. The molecule has 1 fully saturated rings. The lowest BCUT2D eigenvalue weighted by Gasteiger charge is -2.35. The quantitative estimate of drug-likeness (QED) is 0.929. The second kappa shape index (κ2) is 7.95. The number of likely N-dealkylation sites (tertiary alicyclic amines) is 1. The molecule has 0 aliphatic carbocycles. The van der Waals surface area contributed by atoms with E-state index in [1.54, 1.807) is 7.11 Å². The second-order valence-corrected chi connectivity index (χ2v) is 5.22. The first-order chi connectivity index (χ1) is 8.74. The van der Waals surface area contributed by atoms with Crippen molar-refractivity contribution in [3.8, 4) is 5.75 Å². The molecular formula is C14H22Cl2N2O. The van der Waals surface area contributed by atoms with Crippen LogP contribution in [0, 0.1) is 0 Å². The van der Waals surface area contributed by atoms with Crippen LogP contribution in [0.5, 0.6) is 5.75 Å². The number of nitrogens with two attached hydrogens (primary N) is 1. The van der Waals surface area contributed by atoms with E-state index in [0.29, 0.717) is 6.04 Å². The number of ether oxygens (including phenoxy) is 1. The molecule has 0 spiro atoms. The highest BCUT2D eigenvalue weighted by atomic mass is 35.5. The van der Waals surface area contributed by atoms with E-state index in [-0.39, 0.29) is 12.4 Å². The van der Waals surface area contributed by atoms with Gasteiger partial charge in [0.2, 0.25) is 0 Å². The zero-order valence-corrected chi connectivity index (χ0v) is 12.8. The first-order valence-electron chi connectivity index (χ1n) is 6.51. The third kappa shape index (κ3) is 4.25. The maximum Gasteiger partial charge on any atom is 0.119 e. The molecule has 19 heavy (non-hydrogen) atoms. The van der Waals surface area contributed by atoms with Crippen LogP contribution in [0.4, 0.5) is 0 Å². The lowest BCUT2D eigenvalue weighted by atomic mass is 10.0. The molecule has 1 atom stereocenters. The standard InChI is InChI=1S/C14H21ClN2O.ClH/c1-18-13-5-6-14(15)11(8-13)10-17-7-3-2-4-12(17)9-16;/h5-6,8,12H,2-4,7,9-10,16H2,1H3;1H. The average molecular weight is 305 g/mol. The number of hydrogen-bond donors (Lipinski definition) is 1. The number of halogens is 2. The van der Waals surface area contributed by atoms with E-state index < -0.39 is 0 Å². The van der Waals surface area contributed by atoms with Crippen LogP contribution in [0.25, 0.3) is 0 Å². The van der Waals surface area contributed by atoms with Gasteiger partial charge in [0, 0.05) is 24.2 Å². The molecule has 0 radical (unpaired) electrons. The summed E-state index contributed by atoms with van der Waals surface area (Å²) in [7, 11) is 1.68. The lowest BCUT2D eigenvalue weighted by molar-refractivity contribution is 0.145. The van der Waals surface area contributed by atoms with Crippen molar-refractivity contribution < 1.29 is 4.74 Å². The van der Waals surface area contributed by atoms with Crippen LogP contribution in [0.15, 0.2) is 18.2 Å². The Hall–Kier alpha value is -0.480. The molecule has 0 aromatic heterocycles. The van der Waals surface area contributed by atoms with Gasteiger partial charge in [0.15, 0.2) is 0 Å². The van der Waals surface area contributed by atoms with Crippen molar-refractivity contribution in [2.75, 3.05) is 20.2 Å². The van der Waals surface area contributed by atoms with Gasteiger partial charge < -0.3 is 10.5 Å². The Labute approximate surface area is 126 Å². The molecule has 3 nitrogen and oxygen atoms in total. The van der Waals surface area contributed by atoms with E-state index in [4.69, 9.17) is 22.1 Å².